The Hall–Kier alpha value is -2.70. The van der Waals surface area contributed by atoms with Crippen LogP contribution in [0.1, 0.15) is 0 Å². The van der Waals surface area contributed by atoms with Gasteiger partial charge in [-0.3, -0.25) is 14.9 Å². The molecule has 0 aliphatic carbocycles. The van der Waals surface area contributed by atoms with Crippen LogP contribution in [0.2, 0.25) is 0 Å². The fourth-order valence-corrected chi connectivity index (χ4v) is 1.78. The second kappa shape index (κ2) is 3.14. The van der Waals surface area contributed by atoms with Gasteiger partial charge in [0, 0.05) is 18.2 Å². The van der Waals surface area contributed by atoms with E-state index in [1.165, 1.54) is 22.7 Å². The molecule has 7 heteroatoms. The van der Waals surface area contributed by atoms with E-state index in [0.717, 1.165) is 0 Å². The van der Waals surface area contributed by atoms with E-state index < -0.39 is 4.92 Å². The average Bonchev–Trinajstić information content (AvgIpc) is 2.76. The molecular formula is C10H6N4O3. The van der Waals surface area contributed by atoms with E-state index in [2.05, 4.69) is 10.1 Å². The summed E-state index contributed by atoms with van der Waals surface area (Å²) in [6, 6.07) is 5.77. The van der Waals surface area contributed by atoms with Crippen LogP contribution in [-0.2, 0) is 0 Å². The number of nitrogens with zero attached hydrogens (tertiary/aromatic N) is 3. The van der Waals surface area contributed by atoms with Gasteiger partial charge in [0.2, 0.25) is 0 Å². The van der Waals surface area contributed by atoms with Gasteiger partial charge in [-0.2, -0.15) is 5.10 Å². The first-order chi connectivity index (χ1) is 8.16. The van der Waals surface area contributed by atoms with Crippen molar-refractivity contribution >= 4 is 22.2 Å². The van der Waals surface area contributed by atoms with Crippen molar-refractivity contribution in [3.63, 3.8) is 0 Å². The molecule has 0 aliphatic heterocycles. The van der Waals surface area contributed by atoms with Crippen LogP contribution in [0.5, 0.6) is 0 Å². The largest absolute Gasteiger partial charge is 0.306 e. The van der Waals surface area contributed by atoms with Crippen LogP contribution in [-0.4, -0.2) is 19.5 Å². The zero-order valence-corrected chi connectivity index (χ0v) is 8.45. The molecule has 2 heterocycles. The van der Waals surface area contributed by atoms with Crippen molar-refractivity contribution in [2.75, 3.05) is 0 Å². The molecular weight excluding hydrogens is 224 g/mol. The van der Waals surface area contributed by atoms with Gasteiger partial charge in [0.25, 0.3) is 11.2 Å². The van der Waals surface area contributed by atoms with Crippen molar-refractivity contribution in [1.29, 1.82) is 0 Å². The number of H-pyrrole nitrogens is 1. The minimum atomic E-state index is -0.536. The standard InChI is InChI=1S/C10H6N4O3/c15-10-7-5-6(14(16)17)1-2-8(7)13-9(12-10)3-4-11-13/h1-5H,(H,12,15). The third-order valence-corrected chi connectivity index (χ3v) is 2.55. The van der Waals surface area contributed by atoms with Gasteiger partial charge in [0.1, 0.15) is 5.65 Å². The third kappa shape index (κ3) is 1.29. The molecule has 0 radical (unpaired) electrons. The third-order valence-electron chi connectivity index (χ3n) is 2.55. The second-order valence-corrected chi connectivity index (χ2v) is 3.54. The van der Waals surface area contributed by atoms with Crippen molar-refractivity contribution in [3.8, 4) is 0 Å². The van der Waals surface area contributed by atoms with E-state index in [1.54, 1.807) is 12.3 Å². The lowest BCUT2D eigenvalue weighted by Crippen LogP contribution is -2.10. The molecule has 7 nitrogen and oxygen atoms in total. The lowest BCUT2D eigenvalue weighted by atomic mass is 10.2. The number of fused-ring (bicyclic) bond motifs is 3. The SMILES string of the molecule is O=c1[nH]c2ccnn2c2ccc([N+](=O)[O-])cc12. The van der Waals surface area contributed by atoms with E-state index in [-0.39, 0.29) is 16.6 Å². The van der Waals surface area contributed by atoms with Gasteiger partial charge >= 0.3 is 0 Å². The highest BCUT2D eigenvalue weighted by Crippen LogP contribution is 2.18. The maximum Gasteiger partial charge on any atom is 0.270 e. The smallest absolute Gasteiger partial charge is 0.270 e. The van der Waals surface area contributed by atoms with Gasteiger partial charge in [-0.05, 0) is 6.07 Å². The summed E-state index contributed by atoms with van der Waals surface area (Å²) in [4.78, 5) is 24.5. The second-order valence-electron chi connectivity index (χ2n) is 3.54. The predicted octanol–water partition coefficient (Wildman–Crippen LogP) is 1.08. The van der Waals surface area contributed by atoms with Gasteiger partial charge in [-0.1, -0.05) is 0 Å². The number of nitro benzene ring substituents is 1. The Kier molecular flexibility index (Phi) is 1.76. The lowest BCUT2D eigenvalue weighted by Gasteiger charge is -2.00. The molecule has 1 N–H and O–H groups in total. The van der Waals surface area contributed by atoms with Gasteiger partial charge in [0.15, 0.2) is 0 Å². The number of aromatic nitrogens is 3. The number of non-ortho nitro benzene ring substituents is 1. The molecule has 3 rings (SSSR count). The van der Waals surface area contributed by atoms with Gasteiger partial charge in [0.05, 0.1) is 22.0 Å². The molecule has 17 heavy (non-hydrogen) atoms. The molecule has 0 bridgehead atoms. The number of hydrogen-bond acceptors (Lipinski definition) is 4. The van der Waals surface area contributed by atoms with E-state index >= 15 is 0 Å². The van der Waals surface area contributed by atoms with Crippen LogP contribution >= 0.6 is 0 Å². The van der Waals surface area contributed by atoms with Crippen LogP contribution < -0.4 is 5.56 Å². The predicted molar refractivity (Wildman–Crippen MR) is 60.0 cm³/mol. The summed E-state index contributed by atoms with van der Waals surface area (Å²) in [5.74, 6) is 0. The lowest BCUT2D eigenvalue weighted by molar-refractivity contribution is -0.384. The molecule has 84 valence electrons. The van der Waals surface area contributed by atoms with Crippen LogP contribution in [0.3, 0.4) is 0 Å². The molecule has 0 saturated carbocycles. The Morgan fingerprint density at radius 3 is 2.94 bits per heavy atom. The Bertz CT molecular complexity index is 802. The molecule has 1 aromatic carbocycles. The highest BCUT2D eigenvalue weighted by molar-refractivity contribution is 5.82. The maximum atomic E-state index is 11.7. The quantitative estimate of drug-likeness (QED) is 0.500. The van der Waals surface area contributed by atoms with E-state index in [9.17, 15) is 14.9 Å². The monoisotopic (exact) mass is 230 g/mol. The summed E-state index contributed by atoms with van der Waals surface area (Å²) in [7, 11) is 0. The Morgan fingerprint density at radius 2 is 2.18 bits per heavy atom. The van der Waals surface area contributed by atoms with Crippen LogP contribution in [0, 0.1) is 10.1 Å². The average molecular weight is 230 g/mol. The van der Waals surface area contributed by atoms with Crippen LogP contribution in [0.25, 0.3) is 16.6 Å². The van der Waals surface area contributed by atoms with Gasteiger partial charge < -0.3 is 4.98 Å². The number of aromatic amines is 1. The molecule has 0 saturated heterocycles. The zero-order chi connectivity index (χ0) is 12.0. The topological polar surface area (TPSA) is 93.3 Å². The highest BCUT2D eigenvalue weighted by Gasteiger charge is 2.11. The summed E-state index contributed by atoms with van der Waals surface area (Å²) < 4.78 is 1.53. The van der Waals surface area contributed by atoms with Crippen molar-refractivity contribution in [1.82, 2.24) is 14.6 Å². The fourth-order valence-electron chi connectivity index (χ4n) is 1.78. The summed E-state index contributed by atoms with van der Waals surface area (Å²) in [5, 5.41) is 14.9. The fraction of sp³-hybridized carbons (Fsp3) is 0. The van der Waals surface area contributed by atoms with Crippen LogP contribution in [0.4, 0.5) is 5.69 Å². The molecule has 0 atom stereocenters. The van der Waals surface area contributed by atoms with E-state index in [0.29, 0.717) is 11.2 Å². The van der Waals surface area contributed by atoms with Crippen molar-refractivity contribution in [2.24, 2.45) is 0 Å². The number of benzene rings is 1. The number of hydrogen-bond donors (Lipinski definition) is 1. The molecule has 0 amide bonds. The number of rotatable bonds is 1. The minimum absolute atomic E-state index is 0.116. The summed E-state index contributed by atoms with van der Waals surface area (Å²) in [6.45, 7) is 0. The maximum absolute atomic E-state index is 11.7. The minimum Gasteiger partial charge on any atom is -0.306 e. The summed E-state index contributed by atoms with van der Waals surface area (Å²) >= 11 is 0. The molecule has 0 unspecified atom stereocenters. The molecule has 3 aromatic rings. The number of nitrogens with one attached hydrogen (secondary N) is 1. The Balaban J connectivity index is 2.52. The Morgan fingerprint density at radius 1 is 1.35 bits per heavy atom. The van der Waals surface area contributed by atoms with Crippen LogP contribution in [0.15, 0.2) is 35.3 Å². The van der Waals surface area contributed by atoms with Crippen molar-refractivity contribution in [3.05, 3.63) is 50.9 Å². The first-order valence-corrected chi connectivity index (χ1v) is 4.81. The molecule has 2 aromatic heterocycles. The van der Waals surface area contributed by atoms with E-state index in [4.69, 9.17) is 0 Å². The zero-order valence-electron chi connectivity index (χ0n) is 8.45. The molecule has 0 spiro atoms. The first kappa shape index (κ1) is 9.52. The normalized spacial score (nSPS) is 11.1. The highest BCUT2D eigenvalue weighted by atomic mass is 16.6. The molecule has 0 fully saturated rings. The van der Waals surface area contributed by atoms with Gasteiger partial charge in [-0.25, -0.2) is 4.52 Å². The molecule has 0 aliphatic rings. The first-order valence-electron chi connectivity index (χ1n) is 4.81. The van der Waals surface area contributed by atoms with Crippen molar-refractivity contribution < 1.29 is 4.92 Å². The summed E-state index contributed by atoms with van der Waals surface area (Å²) in [6.07, 6.45) is 1.55. The van der Waals surface area contributed by atoms with Crippen molar-refractivity contribution in [2.45, 2.75) is 0 Å². The summed E-state index contributed by atoms with van der Waals surface area (Å²) in [5.41, 5.74) is 0.613. The van der Waals surface area contributed by atoms with E-state index in [1.807, 2.05) is 0 Å². The number of nitro groups is 1. The van der Waals surface area contributed by atoms with Gasteiger partial charge in [-0.15, -0.1) is 0 Å². The Labute approximate surface area is 93.5 Å².